The Morgan fingerprint density at radius 2 is 1.94 bits per heavy atom. The highest BCUT2D eigenvalue weighted by atomic mass is 19.4. The van der Waals surface area contributed by atoms with Crippen molar-refractivity contribution in [2.45, 2.75) is 19.0 Å². The van der Waals surface area contributed by atoms with E-state index in [9.17, 15) is 13.2 Å². The summed E-state index contributed by atoms with van der Waals surface area (Å²) < 4.78 is 37.3. The van der Waals surface area contributed by atoms with Crippen LogP contribution in [0.4, 0.5) is 18.9 Å². The summed E-state index contributed by atoms with van der Waals surface area (Å²) >= 11 is 0. The molecule has 16 heavy (non-hydrogen) atoms. The molecule has 0 unspecified atom stereocenters. The lowest BCUT2D eigenvalue weighted by molar-refractivity contribution is -0.137. The highest BCUT2D eigenvalue weighted by Crippen LogP contribution is 2.31. The minimum atomic E-state index is -4.34. The number of halogens is 3. The van der Waals surface area contributed by atoms with Crippen molar-refractivity contribution in [3.8, 4) is 11.8 Å². The third-order valence-electron chi connectivity index (χ3n) is 2.37. The monoisotopic (exact) mass is 225 g/mol. The summed E-state index contributed by atoms with van der Waals surface area (Å²) in [6.07, 6.45) is -2.28. The van der Waals surface area contributed by atoms with Crippen LogP contribution in [-0.4, -0.2) is 0 Å². The van der Waals surface area contributed by atoms with E-state index in [1.807, 2.05) is 0 Å². The Balaban J connectivity index is 2.33. The number of anilines is 1. The average Bonchev–Trinajstić information content (AvgIpc) is 2.98. The first-order valence-electron chi connectivity index (χ1n) is 4.95. The zero-order valence-electron chi connectivity index (χ0n) is 8.43. The van der Waals surface area contributed by atoms with Gasteiger partial charge in [0.05, 0.1) is 5.56 Å². The Morgan fingerprint density at radius 3 is 2.50 bits per heavy atom. The number of nitrogens with two attached hydrogens (primary N) is 1. The van der Waals surface area contributed by atoms with E-state index < -0.39 is 11.7 Å². The molecule has 0 saturated heterocycles. The van der Waals surface area contributed by atoms with Gasteiger partial charge >= 0.3 is 6.18 Å². The van der Waals surface area contributed by atoms with Gasteiger partial charge in [0.2, 0.25) is 0 Å². The van der Waals surface area contributed by atoms with E-state index in [2.05, 4.69) is 11.8 Å². The molecule has 2 rings (SSSR count). The van der Waals surface area contributed by atoms with Crippen LogP contribution < -0.4 is 5.73 Å². The Kier molecular flexibility index (Phi) is 2.55. The summed E-state index contributed by atoms with van der Waals surface area (Å²) in [4.78, 5) is 0. The van der Waals surface area contributed by atoms with Gasteiger partial charge in [-0.2, -0.15) is 13.2 Å². The van der Waals surface area contributed by atoms with Crippen LogP contribution >= 0.6 is 0 Å². The first-order chi connectivity index (χ1) is 7.47. The van der Waals surface area contributed by atoms with Crippen LogP contribution in [0, 0.1) is 17.8 Å². The van der Waals surface area contributed by atoms with E-state index in [0.29, 0.717) is 11.6 Å². The molecule has 1 nitrogen and oxygen atoms in total. The molecule has 2 N–H and O–H groups in total. The summed E-state index contributed by atoms with van der Waals surface area (Å²) in [5, 5.41) is 0. The van der Waals surface area contributed by atoms with Crippen LogP contribution in [0.5, 0.6) is 0 Å². The Morgan fingerprint density at radius 1 is 1.25 bits per heavy atom. The standard InChI is InChI=1S/C12H10F3N/c13-12(14,15)10-5-6-11(16)9(7-10)4-3-8-1-2-8/h5-8H,1-2,16H2. The van der Waals surface area contributed by atoms with Crippen molar-refractivity contribution < 1.29 is 13.2 Å². The minimum Gasteiger partial charge on any atom is -0.398 e. The van der Waals surface area contributed by atoms with Gasteiger partial charge in [0.25, 0.3) is 0 Å². The fourth-order valence-electron chi connectivity index (χ4n) is 1.25. The van der Waals surface area contributed by atoms with Crippen molar-refractivity contribution in [3.63, 3.8) is 0 Å². The van der Waals surface area contributed by atoms with Crippen LogP contribution in [0.15, 0.2) is 18.2 Å². The SMILES string of the molecule is Nc1ccc(C(F)(F)F)cc1C#CC1CC1. The lowest BCUT2D eigenvalue weighted by Gasteiger charge is -2.07. The zero-order chi connectivity index (χ0) is 11.8. The molecule has 1 aliphatic carbocycles. The third-order valence-corrected chi connectivity index (χ3v) is 2.37. The van der Waals surface area contributed by atoms with E-state index in [1.54, 1.807) is 0 Å². The highest BCUT2D eigenvalue weighted by molar-refractivity contribution is 5.57. The molecule has 84 valence electrons. The summed E-state index contributed by atoms with van der Waals surface area (Å²) in [6, 6.07) is 3.22. The van der Waals surface area contributed by atoms with Gasteiger partial charge in [-0.3, -0.25) is 0 Å². The van der Waals surface area contributed by atoms with Crippen molar-refractivity contribution in [1.82, 2.24) is 0 Å². The van der Waals surface area contributed by atoms with Crippen molar-refractivity contribution in [2.75, 3.05) is 5.73 Å². The van der Waals surface area contributed by atoms with E-state index in [4.69, 9.17) is 5.73 Å². The molecule has 1 aromatic rings. The van der Waals surface area contributed by atoms with Crippen LogP contribution in [0.25, 0.3) is 0 Å². The van der Waals surface area contributed by atoms with Crippen LogP contribution in [-0.2, 0) is 6.18 Å². The fourth-order valence-corrected chi connectivity index (χ4v) is 1.25. The van der Waals surface area contributed by atoms with E-state index >= 15 is 0 Å². The molecular weight excluding hydrogens is 215 g/mol. The zero-order valence-corrected chi connectivity index (χ0v) is 8.43. The summed E-state index contributed by atoms with van der Waals surface area (Å²) in [5.74, 6) is 5.95. The molecule has 0 aromatic heterocycles. The summed E-state index contributed by atoms with van der Waals surface area (Å²) in [5.41, 5.74) is 5.42. The fraction of sp³-hybridized carbons (Fsp3) is 0.333. The molecule has 1 fully saturated rings. The molecule has 0 heterocycles. The second-order valence-corrected chi connectivity index (χ2v) is 3.84. The second kappa shape index (κ2) is 3.75. The molecule has 0 atom stereocenters. The van der Waals surface area contributed by atoms with Gasteiger partial charge in [0, 0.05) is 17.2 Å². The van der Waals surface area contributed by atoms with E-state index in [0.717, 1.165) is 25.0 Å². The molecular formula is C12H10F3N. The smallest absolute Gasteiger partial charge is 0.398 e. The van der Waals surface area contributed by atoms with Gasteiger partial charge < -0.3 is 5.73 Å². The minimum absolute atomic E-state index is 0.265. The first-order valence-corrected chi connectivity index (χ1v) is 4.95. The van der Waals surface area contributed by atoms with Crippen molar-refractivity contribution in [1.29, 1.82) is 0 Å². The van der Waals surface area contributed by atoms with Gasteiger partial charge in [0.1, 0.15) is 0 Å². The predicted octanol–water partition coefficient (Wildman–Crippen LogP) is 3.05. The predicted molar refractivity (Wildman–Crippen MR) is 55.5 cm³/mol. The van der Waals surface area contributed by atoms with Crippen LogP contribution in [0.1, 0.15) is 24.0 Å². The van der Waals surface area contributed by atoms with E-state index in [-0.39, 0.29) is 5.56 Å². The highest BCUT2D eigenvalue weighted by Gasteiger charge is 2.30. The number of alkyl halides is 3. The Labute approximate surface area is 91.5 Å². The third kappa shape index (κ3) is 2.48. The maximum Gasteiger partial charge on any atom is 0.416 e. The van der Waals surface area contributed by atoms with Crippen molar-refractivity contribution in [2.24, 2.45) is 5.92 Å². The topological polar surface area (TPSA) is 26.0 Å². The molecule has 0 amide bonds. The van der Waals surface area contributed by atoms with Gasteiger partial charge in [-0.1, -0.05) is 11.8 Å². The molecule has 0 radical (unpaired) electrons. The van der Waals surface area contributed by atoms with Gasteiger partial charge in [-0.25, -0.2) is 0 Å². The summed E-state index contributed by atoms with van der Waals surface area (Å²) in [6.45, 7) is 0. The number of hydrogen-bond acceptors (Lipinski definition) is 1. The molecule has 0 aliphatic heterocycles. The molecule has 1 aromatic carbocycles. The number of nitrogen functional groups attached to an aromatic ring is 1. The van der Waals surface area contributed by atoms with E-state index in [1.165, 1.54) is 6.07 Å². The lowest BCUT2D eigenvalue weighted by atomic mass is 10.1. The molecule has 4 heteroatoms. The number of benzene rings is 1. The maximum atomic E-state index is 12.4. The second-order valence-electron chi connectivity index (χ2n) is 3.84. The normalized spacial score (nSPS) is 15.4. The first kappa shape index (κ1) is 10.9. The van der Waals surface area contributed by atoms with Crippen molar-refractivity contribution >= 4 is 5.69 Å². The lowest BCUT2D eigenvalue weighted by Crippen LogP contribution is -2.05. The molecule has 0 spiro atoms. The maximum absolute atomic E-state index is 12.4. The average molecular weight is 225 g/mol. The van der Waals surface area contributed by atoms with Crippen LogP contribution in [0.3, 0.4) is 0 Å². The van der Waals surface area contributed by atoms with Gasteiger partial charge in [-0.15, -0.1) is 0 Å². The Hall–Kier alpha value is -1.63. The van der Waals surface area contributed by atoms with Crippen LogP contribution in [0.2, 0.25) is 0 Å². The van der Waals surface area contributed by atoms with Gasteiger partial charge in [0.15, 0.2) is 0 Å². The number of hydrogen-bond donors (Lipinski definition) is 1. The van der Waals surface area contributed by atoms with Gasteiger partial charge in [-0.05, 0) is 31.0 Å². The Bertz CT molecular complexity index is 461. The number of rotatable bonds is 0. The molecule has 0 bridgehead atoms. The summed E-state index contributed by atoms with van der Waals surface area (Å²) in [7, 11) is 0. The molecule has 1 saturated carbocycles. The quantitative estimate of drug-likeness (QED) is 0.533. The largest absolute Gasteiger partial charge is 0.416 e. The molecule has 1 aliphatic rings. The van der Waals surface area contributed by atoms with Crippen molar-refractivity contribution in [3.05, 3.63) is 29.3 Å².